The normalized spacial score (nSPS) is 16.9. The van der Waals surface area contributed by atoms with E-state index in [0.717, 1.165) is 39.2 Å². The smallest absolute Gasteiger partial charge is 0.464 e. The number of carbonyl (C=O) groups excluding carboxylic acids is 2. The summed E-state index contributed by atoms with van der Waals surface area (Å²) >= 11 is 0. The zero-order valence-electron chi connectivity index (χ0n) is 19.0. The molecule has 0 aromatic heterocycles. The number of phosphoric acid groups is 2. The standard InChI is InChI=1S/C18H36O13P2/c1-3-4-5-6-7-8-9-10-18(21)31-17(13-27-15-19)14-30-33(24,25)29-12-16(20)11-28-32(22,23)26-2/h15-17,20H,3-14H2,1-2H3,(H,22,23)(H,24,25)/t16-,17+/m0/s1. The zero-order chi connectivity index (χ0) is 25.2. The molecule has 15 heteroatoms. The number of phosphoric ester groups is 2. The lowest BCUT2D eigenvalue weighted by Crippen LogP contribution is -2.28. The molecule has 3 N–H and O–H groups in total. The van der Waals surface area contributed by atoms with E-state index in [0.29, 0.717) is 6.42 Å². The van der Waals surface area contributed by atoms with Crippen LogP contribution in [0.1, 0.15) is 58.3 Å². The fourth-order valence-corrected chi connectivity index (χ4v) is 3.67. The minimum atomic E-state index is -4.70. The molecule has 0 fully saturated rings. The molecule has 0 saturated heterocycles. The van der Waals surface area contributed by atoms with Crippen molar-refractivity contribution in [3.8, 4) is 0 Å². The lowest BCUT2D eigenvalue weighted by Gasteiger charge is -2.20. The molecule has 33 heavy (non-hydrogen) atoms. The predicted octanol–water partition coefficient (Wildman–Crippen LogP) is 2.47. The van der Waals surface area contributed by atoms with Gasteiger partial charge in [0, 0.05) is 13.5 Å². The van der Waals surface area contributed by atoms with Gasteiger partial charge in [0.25, 0.3) is 6.47 Å². The summed E-state index contributed by atoms with van der Waals surface area (Å²) in [5, 5.41) is 9.59. The molecule has 13 nitrogen and oxygen atoms in total. The molecular formula is C18H36O13P2. The van der Waals surface area contributed by atoms with Crippen molar-refractivity contribution >= 4 is 28.1 Å². The van der Waals surface area contributed by atoms with Crippen LogP contribution in [0.25, 0.3) is 0 Å². The summed E-state index contributed by atoms with van der Waals surface area (Å²) in [6.45, 7) is -0.245. The van der Waals surface area contributed by atoms with E-state index in [9.17, 15) is 28.7 Å². The van der Waals surface area contributed by atoms with Crippen LogP contribution in [0.3, 0.4) is 0 Å². The van der Waals surface area contributed by atoms with Crippen LogP contribution >= 0.6 is 15.6 Å². The van der Waals surface area contributed by atoms with Crippen LogP contribution in [0.2, 0.25) is 0 Å². The Morgan fingerprint density at radius 1 is 0.879 bits per heavy atom. The van der Waals surface area contributed by atoms with Crippen LogP contribution in [0.5, 0.6) is 0 Å². The number of aliphatic hydroxyl groups is 1. The van der Waals surface area contributed by atoms with Gasteiger partial charge >= 0.3 is 21.6 Å². The minimum absolute atomic E-state index is 0.127. The Balaban J connectivity index is 4.36. The van der Waals surface area contributed by atoms with Gasteiger partial charge in [-0.15, -0.1) is 0 Å². The van der Waals surface area contributed by atoms with Crippen molar-refractivity contribution in [1.82, 2.24) is 0 Å². The largest absolute Gasteiger partial charge is 0.472 e. The topological polar surface area (TPSA) is 184 Å². The third-order valence-electron chi connectivity index (χ3n) is 4.15. The third kappa shape index (κ3) is 19.2. The summed E-state index contributed by atoms with van der Waals surface area (Å²) in [5.41, 5.74) is 0. The molecule has 0 saturated carbocycles. The van der Waals surface area contributed by atoms with E-state index in [1.165, 1.54) is 6.42 Å². The van der Waals surface area contributed by atoms with Gasteiger partial charge in [0.15, 0.2) is 6.10 Å². The number of hydrogen-bond donors (Lipinski definition) is 3. The highest BCUT2D eigenvalue weighted by Crippen LogP contribution is 2.44. The van der Waals surface area contributed by atoms with Crippen molar-refractivity contribution in [1.29, 1.82) is 0 Å². The van der Waals surface area contributed by atoms with Crippen LogP contribution in [-0.4, -0.2) is 73.1 Å². The minimum Gasteiger partial charge on any atom is -0.464 e. The molecule has 0 aromatic rings. The second-order valence-electron chi connectivity index (χ2n) is 7.07. The van der Waals surface area contributed by atoms with E-state index in [-0.39, 0.29) is 12.9 Å². The Hall–Kier alpha value is -0.880. The first-order valence-electron chi connectivity index (χ1n) is 10.6. The molecule has 2 unspecified atom stereocenters. The number of ether oxygens (including phenoxy) is 2. The van der Waals surface area contributed by atoms with Gasteiger partial charge in [0.1, 0.15) is 12.7 Å². The fraction of sp³-hybridized carbons (Fsp3) is 0.889. The molecule has 0 aliphatic heterocycles. The van der Waals surface area contributed by atoms with E-state index in [2.05, 4.69) is 25.2 Å². The van der Waals surface area contributed by atoms with E-state index in [4.69, 9.17) is 14.2 Å². The van der Waals surface area contributed by atoms with E-state index < -0.39 is 60.3 Å². The summed E-state index contributed by atoms with van der Waals surface area (Å²) in [4.78, 5) is 41.2. The molecule has 0 aliphatic carbocycles. The number of hydrogen-bond acceptors (Lipinski definition) is 11. The first kappa shape index (κ1) is 32.1. The second-order valence-corrected chi connectivity index (χ2v) is 10.1. The average Bonchev–Trinajstić information content (AvgIpc) is 2.77. The quantitative estimate of drug-likeness (QED) is 0.0816. The van der Waals surface area contributed by atoms with Gasteiger partial charge in [-0.2, -0.15) is 0 Å². The predicted molar refractivity (Wildman–Crippen MR) is 115 cm³/mol. The summed E-state index contributed by atoms with van der Waals surface area (Å²) in [6.07, 6.45) is 4.55. The van der Waals surface area contributed by atoms with Crippen molar-refractivity contribution in [3.05, 3.63) is 0 Å². The molecule has 4 atom stereocenters. The third-order valence-corrected chi connectivity index (χ3v) is 6.03. The van der Waals surface area contributed by atoms with Gasteiger partial charge in [-0.3, -0.25) is 27.7 Å². The van der Waals surface area contributed by atoms with Gasteiger partial charge in [-0.1, -0.05) is 45.4 Å². The number of aliphatic hydroxyl groups excluding tert-OH is 1. The van der Waals surface area contributed by atoms with Crippen molar-refractivity contribution in [2.45, 2.75) is 70.5 Å². The highest BCUT2D eigenvalue weighted by Gasteiger charge is 2.28. The average molecular weight is 522 g/mol. The molecule has 0 radical (unpaired) electrons. The van der Waals surface area contributed by atoms with Crippen LogP contribution in [0.4, 0.5) is 0 Å². The van der Waals surface area contributed by atoms with Gasteiger partial charge < -0.3 is 24.4 Å². The molecule has 0 heterocycles. The van der Waals surface area contributed by atoms with Crippen molar-refractivity contribution < 1.29 is 61.2 Å². The Bertz CT molecular complexity index is 630. The number of esters is 1. The molecule has 0 amide bonds. The van der Waals surface area contributed by atoms with Gasteiger partial charge in [-0.25, -0.2) is 9.13 Å². The second kappa shape index (κ2) is 18.4. The maximum atomic E-state index is 12.0. The lowest BCUT2D eigenvalue weighted by atomic mass is 10.1. The zero-order valence-corrected chi connectivity index (χ0v) is 20.8. The summed E-state index contributed by atoms with van der Waals surface area (Å²) in [5.74, 6) is -0.570. The Labute approximate surface area is 193 Å². The Morgan fingerprint density at radius 2 is 1.42 bits per heavy atom. The Kier molecular flexibility index (Phi) is 18.0. The monoisotopic (exact) mass is 522 g/mol. The lowest BCUT2D eigenvalue weighted by molar-refractivity contribution is -0.157. The number of rotatable bonds is 22. The molecular weight excluding hydrogens is 486 g/mol. The van der Waals surface area contributed by atoms with Gasteiger partial charge in [0.2, 0.25) is 0 Å². The molecule has 0 aliphatic rings. The van der Waals surface area contributed by atoms with E-state index >= 15 is 0 Å². The van der Waals surface area contributed by atoms with Gasteiger partial charge in [-0.05, 0) is 6.42 Å². The maximum absolute atomic E-state index is 12.0. The number of unbranched alkanes of at least 4 members (excludes halogenated alkanes) is 6. The molecule has 0 spiro atoms. The molecule has 0 rings (SSSR count). The first-order chi connectivity index (χ1) is 15.5. The van der Waals surface area contributed by atoms with E-state index in [1.807, 2.05) is 0 Å². The fourth-order valence-electron chi connectivity index (χ4n) is 2.41. The molecule has 196 valence electrons. The maximum Gasteiger partial charge on any atom is 0.472 e. The van der Waals surface area contributed by atoms with E-state index in [1.54, 1.807) is 0 Å². The summed E-state index contributed by atoms with van der Waals surface area (Å²) in [7, 11) is -8.11. The van der Waals surface area contributed by atoms with Crippen LogP contribution < -0.4 is 0 Å². The number of carbonyl (C=O) groups is 2. The summed E-state index contributed by atoms with van der Waals surface area (Å²) < 4.78 is 50.6. The SMILES string of the molecule is CCCCCCCCCC(=O)O[C@H](COC=O)COP(=O)(O)OC[C@@H](O)COP(=O)(O)OC. The van der Waals surface area contributed by atoms with Crippen molar-refractivity contribution in [2.24, 2.45) is 0 Å². The highest BCUT2D eigenvalue weighted by molar-refractivity contribution is 7.47. The van der Waals surface area contributed by atoms with Gasteiger partial charge in [0.05, 0.1) is 19.8 Å². The first-order valence-corrected chi connectivity index (χ1v) is 13.6. The molecule has 0 bridgehead atoms. The Morgan fingerprint density at radius 3 is 2.00 bits per heavy atom. The van der Waals surface area contributed by atoms with Crippen LogP contribution in [0.15, 0.2) is 0 Å². The highest BCUT2D eigenvalue weighted by atomic mass is 31.2. The van der Waals surface area contributed by atoms with Crippen molar-refractivity contribution in [3.63, 3.8) is 0 Å². The van der Waals surface area contributed by atoms with Crippen molar-refractivity contribution in [2.75, 3.05) is 33.5 Å². The summed E-state index contributed by atoms with van der Waals surface area (Å²) in [6, 6.07) is 0. The van der Waals surface area contributed by atoms with Crippen LogP contribution in [0, 0.1) is 0 Å². The molecule has 0 aromatic carbocycles. The van der Waals surface area contributed by atoms with Crippen LogP contribution in [-0.2, 0) is 46.3 Å².